The van der Waals surface area contributed by atoms with Crippen molar-refractivity contribution < 1.29 is 4.79 Å². The van der Waals surface area contributed by atoms with Crippen LogP contribution in [0.25, 0.3) is 0 Å². The van der Waals surface area contributed by atoms with Gasteiger partial charge >= 0.3 is 0 Å². The quantitative estimate of drug-likeness (QED) is 0.923. The molecule has 0 heterocycles. The van der Waals surface area contributed by atoms with E-state index in [1.54, 1.807) is 18.2 Å². The Bertz CT molecular complexity index is 602. The van der Waals surface area contributed by atoms with Crippen molar-refractivity contribution in [3.63, 3.8) is 0 Å². The summed E-state index contributed by atoms with van der Waals surface area (Å²) >= 11 is 11.7. The zero-order chi connectivity index (χ0) is 14.5. The molecule has 0 atom stereocenters. The van der Waals surface area contributed by atoms with E-state index in [2.05, 4.69) is 5.32 Å². The highest BCUT2D eigenvalue weighted by Crippen LogP contribution is 2.25. The van der Waals surface area contributed by atoms with Gasteiger partial charge in [0.05, 0.1) is 16.6 Å². The number of rotatable bonds is 4. The minimum Gasteiger partial charge on any atom is -0.365 e. The molecule has 0 bridgehead atoms. The number of hydrogen-bond donors (Lipinski definition) is 1. The van der Waals surface area contributed by atoms with E-state index in [9.17, 15) is 4.79 Å². The molecule has 0 radical (unpaired) electrons. The molecule has 1 N–H and O–H groups in total. The lowest BCUT2D eigenvalue weighted by Crippen LogP contribution is -2.29. The van der Waals surface area contributed by atoms with Gasteiger partial charge in [-0.25, -0.2) is 0 Å². The van der Waals surface area contributed by atoms with Gasteiger partial charge < -0.3 is 10.2 Å². The summed E-state index contributed by atoms with van der Waals surface area (Å²) in [5.41, 5.74) is 1.61. The molecule has 0 saturated carbocycles. The number of likely N-dealkylation sites (N-methyl/N-ethyl adjacent to an activating group) is 1. The van der Waals surface area contributed by atoms with Gasteiger partial charge in [0.1, 0.15) is 0 Å². The van der Waals surface area contributed by atoms with Gasteiger partial charge in [-0.1, -0.05) is 41.4 Å². The van der Waals surface area contributed by atoms with Crippen LogP contribution in [0.5, 0.6) is 0 Å². The lowest BCUT2D eigenvalue weighted by atomic mass is 10.3. The van der Waals surface area contributed by atoms with Gasteiger partial charge in [-0.2, -0.15) is 0 Å². The molecule has 2 aromatic carbocycles. The minimum atomic E-state index is -0.116. The number of nitrogens with one attached hydrogen (secondary N) is 1. The minimum absolute atomic E-state index is 0.116. The van der Waals surface area contributed by atoms with E-state index in [1.165, 1.54) is 0 Å². The molecule has 5 heteroatoms. The van der Waals surface area contributed by atoms with E-state index in [1.807, 2.05) is 42.3 Å². The van der Waals surface area contributed by atoms with Crippen molar-refractivity contribution in [2.45, 2.75) is 0 Å². The van der Waals surface area contributed by atoms with Gasteiger partial charge in [0, 0.05) is 18.4 Å². The molecule has 3 nitrogen and oxygen atoms in total. The number of amides is 1. The predicted molar refractivity (Wildman–Crippen MR) is 84.8 cm³/mol. The number of carbonyl (C=O) groups excluding carboxylic acids is 1. The summed E-state index contributed by atoms with van der Waals surface area (Å²) in [5.74, 6) is -0.116. The topological polar surface area (TPSA) is 32.3 Å². The number of anilines is 2. The molecule has 0 unspecified atom stereocenters. The Kier molecular flexibility index (Phi) is 4.88. The number of carbonyl (C=O) groups is 1. The van der Waals surface area contributed by atoms with Gasteiger partial charge in [0.2, 0.25) is 5.91 Å². The highest BCUT2D eigenvalue weighted by molar-refractivity contribution is 6.42. The van der Waals surface area contributed by atoms with Crippen molar-refractivity contribution in [3.8, 4) is 0 Å². The maximum Gasteiger partial charge on any atom is 0.243 e. The Morgan fingerprint density at radius 3 is 2.45 bits per heavy atom. The van der Waals surface area contributed by atoms with E-state index in [0.29, 0.717) is 15.7 Å². The van der Waals surface area contributed by atoms with Crippen LogP contribution in [0.3, 0.4) is 0 Å². The van der Waals surface area contributed by atoms with Crippen LogP contribution < -0.4 is 10.2 Å². The van der Waals surface area contributed by atoms with Crippen LogP contribution in [-0.4, -0.2) is 19.5 Å². The molecule has 0 aliphatic heterocycles. The molecule has 104 valence electrons. The summed E-state index contributed by atoms with van der Waals surface area (Å²) in [6, 6.07) is 14.7. The molecule has 0 fully saturated rings. The van der Waals surface area contributed by atoms with Crippen molar-refractivity contribution in [3.05, 3.63) is 58.6 Å². The van der Waals surface area contributed by atoms with Crippen LogP contribution in [0.4, 0.5) is 11.4 Å². The maximum absolute atomic E-state index is 12.0. The molecule has 0 spiro atoms. The first-order valence-electron chi connectivity index (χ1n) is 6.07. The summed E-state index contributed by atoms with van der Waals surface area (Å²) in [5, 5.41) is 3.67. The zero-order valence-electron chi connectivity index (χ0n) is 10.9. The van der Waals surface area contributed by atoms with Gasteiger partial charge in [-0.15, -0.1) is 0 Å². The van der Waals surface area contributed by atoms with Crippen molar-refractivity contribution in [1.82, 2.24) is 0 Å². The van der Waals surface area contributed by atoms with E-state index in [4.69, 9.17) is 23.2 Å². The molecule has 0 aliphatic rings. The number of nitrogens with zero attached hydrogens (tertiary/aromatic N) is 1. The summed E-state index contributed by atoms with van der Waals surface area (Å²) in [4.78, 5) is 13.8. The fraction of sp³-hybridized carbons (Fsp3) is 0.133. The summed E-state index contributed by atoms with van der Waals surface area (Å²) in [7, 11) is 1.86. The molecular formula is C15H14Cl2N2O. The predicted octanol–water partition coefficient (Wildman–Crippen LogP) is 4.07. The van der Waals surface area contributed by atoms with Crippen molar-refractivity contribution in [2.24, 2.45) is 0 Å². The Morgan fingerprint density at radius 2 is 1.80 bits per heavy atom. The SMILES string of the molecule is CN(CC(=O)Nc1ccc(Cl)c(Cl)c1)c1ccccc1. The smallest absolute Gasteiger partial charge is 0.243 e. The molecule has 0 aliphatic carbocycles. The van der Waals surface area contributed by atoms with Crippen LogP contribution in [0.15, 0.2) is 48.5 Å². The first kappa shape index (κ1) is 14.7. The molecule has 0 aromatic heterocycles. The molecule has 2 aromatic rings. The van der Waals surface area contributed by atoms with Crippen molar-refractivity contribution in [1.29, 1.82) is 0 Å². The summed E-state index contributed by atoms with van der Waals surface area (Å²) in [6.07, 6.45) is 0. The Morgan fingerprint density at radius 1 is 1.10 bits per heavy atom. The van der Waals surface area contributed by atoms with Crippen LogP contribution in [0, 0.1) is 0 Å². The van der Waals surface area contributed by atoms with Gasteiger partial charge in [-0.05, 0) is 30.3 Å². The van der Waals surface area contributed by atoms with Gasteiger partial charge in [0.25, 0.3) is 0 Å². The van der Waals surface area contributed by atoms with Crippen LogP contribution in [-0.2, 0) is 4.79 Å². The maximum atomic E-state index is 12.0. The fourth-order valence-electron chi connectivity index (χ4n) is 1.76. The normalized spacial score (nSPS) is 10.2. The molecule has 20 heavy (non-hydrogen) atoms. The molecular weight excluding hydrogens is 295 g/mol. The van der Waals surface area contributed by atoms with Gasteiger partial charge in [0.15, 0.2) is 0 Å². The van der Waals surface area contributed by atoms with E-state index in [0.717, 1.165) is 5.69 Å². The standard InChI is InChI=1S/C15H14Cl2N2O/c1-19(12-5-3-2-4-6-12)10-15(20)18-11-7-8-13(16)14(17)9-11/h2-9H,10H2,1H3,(H,18,20). The second kappa shape index (κ2) is 6.64. The Labute approximate surface area is 128 Å². The van der Waals surface area contributed by atoms with Crippen LogP contribution in [0.2, 0.25) is 10.0 Å². The molecule has 2 rings (SSSR count). The average Bonchev–Trinajstić information content (AvgIpc) is 2.44. The molecule has 0 saturated heterocycles. The number of halogens is 2. The van der Waals surface area contributed by atoms with E-state index >= 15 is 0 Å². The zero-order valence-corrected chi connectivity index (χ0v) is 12.4. The van der Waals surface area contributed by atoms with Crippen LogP contribution in [0.1, 0.15) is 0 Å². The lowest BCUT2D eigenvalue weighted by molar-refractivity contribution is -0.114. The largest absolute Gasteiger partial charge is 0.365 e. The van der Waals surface area contributed by atoms with Gasteiger partial charge in [-0.3, -0.25) is 4.79 Å². The van der Waals surface area contributed by atoms with E-state index < -0.39 is 0 Å². The third-order valence-corrected chi connectivity index (χ3v) is 3.52. The lowest BCUT2D eigenvalue weighted by Gasteiger charge is -2.18. The highest BCUT2D eigenvalue weighted by Gasteiger charge is 2.08. The second-order valence-electron chi connectivity index (χ2n) is 4.37. The number of benzene rings is 2. The fourth-order valence-corrected chi connectivity index (χ4v) is 2.06. The second-order valence-corrected chi connectivity index (χ2v) is 5.18. The monoisotopic (exact) mass is 308 g/mol. The summed E-state index contributed by atoms with van der Waals surface area (Å²) in [6.45, 7) is 0.254. The molecule has 1 amide bonds. The Hall–Kier alpha value is -1.71. The van der Waals surface area contributed by atoms with E-state index in [-0.39, 0.29) is 12.5 Å². The third kappa shape index (κ3) is 3.89. The number of hydrogen-bond acceptors (Lipinski definition) is 2. The summed E-state index contributed by atoms with van der Waals surface area (Å²) < 4.78 is 0. The van der Waals surface area contributed by atoms with Crippen LogP contribution >= 0.6 is 23.2 Å². The highest BCUT2D eigenvalue weighted by atomic mass is 35.5. The first-order chi connectivity index (χ1) is 9.56. The van der Waals surface area contributed by atoms with Crippen molar-refractivity contribution in [2.75, 3.05) is 23.8 Å². The number of para-hydroxylation sites is 1. The van der Waals surface area contributed by atoms with Crippen molar-refractivity contribution >= 4 is 40.5 Å². The Balaban J connectivity index is 1.97. The first-order valence-corrected chi connectivity index (χ1v) is 6.83. The third-order valence-electron chi connectivity index (χ3n) is 2.78. The average molecular weight is 309 g/mol.